The minimum Gasteiger partial charge on any atom is -0.464 e. The molecular weight excluding hydrogens is 585 g/mol. The minimum absolute atomic E-state index is 0.0944. The Balaban J connectivity index is 1.73. The maximum atomic E-state index is 12.9. The average molecular weight is 619 g/mol. The highest BCUT2D eigenvalue weighted by Gasteiger charge is 2.44. The van der Waals surface area contributed by atoms with Gasteiger partial charge in [0.1, 0.15) is 16.0 Å². The van der Waals surface area contributed by atoms with Crippen LogP contribution in [0.2, 0.25) is 18.1 Å². The number of allylic oxidation sites excluding steroid dienone is 1. The molecule has 1 saturated heterocycles. The van der Waals surface area contributed by atoms with Gasteiger partial charge in [-0.25, -0.2) is 9.78 Å². The average Bonchev–Trinajstić information content (AvgIpc) is 3.23. The van der Waals surface area contributed by atoms with Crippen LogP contribution in [0.1, 0.15) is 45.7 Å². The lowest BCUT2D eigenvalue weighted by Crippen LogP contribution is -2.55. The fourth-order valence-electron chi connectivity index (χ4n) is 3.44. The van der Waals surface area contributed by atoms with Crippen LogP contribution < -0.4 is 0 Å². The van der Waals surface area contributed by atoms with Crippen LogP contribution in [0.25, 0.3) is 10.2 Å². The molecule has 0 N–H and O–H groups in total. The summed E-state index contributed by atoms with van der Waals surface area (Å²) in [5.74, 6) is -1.39. The molecule has 14 heteroatoms. The summed E-state index contributed by atoms with van der Waals surface area (Å²) in [5, 5.41) is 0.583. The van der Waals surface area contributed by atoms with Crippen LogP contribution in [0, 0.1) is 0 Å². The van der Waals surface area contributed by atoms with E-state index in [-0.39, 0.29) is 35.1 Å². The third kappa shape index (κ3) is 6.94. The minimum atomic E-state index is -3.87. The van der Waals surface area contributed by atoms with Crippen LogP contribution in [0.3, 0.4) is 0 Å². The zero-order valence-electron chi connectivity index (χ0n) is 23.0. The van der Waals surface area contributed by atoms with Crippen molar-refractivity contribution in [1.82, 2.24) is 9.88 Å². The van der Waals surface area contributed by atoms with Crippen molar-refractivity contribution in [2.24, 2.45) is 0 Å². The molecular formula is C24H34N2O7S4Si. The van der Waals surface area contributed by atoms with Crippen molar-refractivity contribution in [2.45, 2.75) is 69.0 Å². The van der Waals surface area contributed by atoms with Crippen LogP contribution in [0.15, 0.2) is 34.6 Å². The molecule has 38 heavy (non-hydrogen) atoms. The number of fused-ring (bicyclic) bond motifs is 1. The van der Waals surface area contributed by atoms with E-state index in [2.05, 4.69) is 33.9 Å². The number of amides is 1. The van der Waals surface area contributed by atoms with Gasteiger partial charge in [0.25, 0.3) is 0 Å². The number of hydrogen-bond acceptors (Lipinski definition) is 11. The number of carbonyl (C=O) groups excluding carboxylic acids is 2. The second kappa shape index (κ2) is 11.5. The molecule has 0 radical (unpaired) electrons. The van der Waals surface area contributed by atoms with E-state index in [1.54, 1.807) is 11.3 Å². The summed E-state index contributed by atoms with van der Waals surface area (Å²) in [5.41, 5.74) is 0.651. The molecule has 3 rings (SSSR count). The molecule has 2 aromatic rings. The van der Waals surface area contributed by atoms with Gasteiger partial charge in [0.2, 0.25) is 5.91 Å². The van der Waals surface area contributed by atoms with Gasteiger partial charge in [-0.3, -0.25) is 4.79 Å². The van der Waals surface area contributed by atoms with E-state index < -0.39 is 29.7 Å². The van der Waals surface area contributed by atoms with Crippen LogP contribution in [0.4, 0.5) is 0 Å². The number of benzene rings is 1. The molecule has 210 valence electrons. The fraction of sp³-hybridized carbons (Fsp3) is 0.542. The number of methoxy groups -OCH3 is 1. The number of para-hydroxylation sites is 1. The Kier molecular flexibility index (Phi) is 9.36. The van der Waals surface area contributed by atoms with Crippen LogP contribution in [-0.4, -0.2) is 63.7 Å². The zero-order chi connectivity index (χ0) is 28.6. The van der Waals surface area contributed by atoms with Crippen molar-refractivity contribution < 1.29 is 31.4 Å². The quantitative estimate of drug-likeness (QED) is 0.0624. The lowest BCUT2D eigenvalue weighted by atomic mass is 10.1. The molecule has 0 aliphatic carbocycles. The Bertz CT molecular complexity index is 1370. The summed E-state index contributed by atoms with van der Waals surface area (Å²) >= 11 is 1.61. The largest absolute Gasteiger partial charge is 0.464 e. The molecule has 2 atom stereocenters. The molecule has 1 aliphatic heterocycles. The Labute approximate surface area is 237 Å². The number of hydrogen-bond donors (Lipinski definition) is 0. The van der Waals surface area contributed by atoms with Crippen LogP contribution in [-0.2, 0) is 33.1 Å². The number of likely N-dealkylation sites (tertiary alicyclic amines) is 1. The maximum absolute atomic E-state index is 12.9. The van der Waals surface area contributed by atoms with Gasteiger partial charge < -0.3 is 18.2 Å². The molecule has 1 fully saturated rings. The number of carbonyl (C=O) groups is 2. The first-order valence-corrected chi connectivity index (χ1v) is 19.6. The Hall–Kier alpha value is -1.58. The molecule has 1 aromatic carbocycles. The Morgan fingerprint density at radius 2 is 1.95 bits per heavy atom. The van der Waals surface area contributed by atoms with E-state index >= 15 is 0 Å². The van der Waals surface area contributed by atoms with Crippen molar-refractivity contribution in [3.63, 3.8) is 0 Å². The lowest BCUT2D eigenvalue weighted by molar-refractivity contribution is -0.146. The van der Waals surface area contributed by atoms with E-state index in [0.29, 0.717) is 0 Å². The predicted octanol–water partition coefficient (Wildman–Crippen LogP) is 5.71. The monoisotopic (exact) mass is 618 g/mol. The summed E-state index contributed by atoms with van der Waals surface area (Å²) in [4.78, 5) is 32.2. The first-order valence-electron chi connectivity index (χ1n) is 11.9. The number of esters is 1. The van der Waals surface area contributed by atoms with Crippen LogP contribution >= 0.6 is 32.9 Å². The number of β-lactam (4-membered cyclic amide) rings is 1. The van der Waals surface area contributed by atoms with Gasteiger partial charge in [-0.05, 0) is 44.1 Å². The van der Waals surface area contributed by atoms with E-state index in [9.17, 15) is 18.0 Å². The Morgan fingerprint density at radius 1 is 1.29 bits per heavy atom. The molecule has 2 heterocycles. The van der Waals surface area contributed by atoms with Gasteiger partial charge in [-0.2, -0.15) is 8.42 Å². The SMILES string of the molecule is COC(=O)C(=C(C)OS(C)(=O)=O)N1C[C@H](SSc2cccc3sc([C@@H](C)O[Si](C)(C)C(C)(C)C)nc23)C1=O. The van der Waals surface area contributed by atoms with Gasteiger partial charge in [-0.15, -0.1) is 11.3 Å². The van der Waals surface area contributed by atoms with Crippen molar-refractivity contribution in [2.75, 3.05) is 19.9 Å². The van der Waals surface area contributed by atoms with Gasteiger partial charge in [0.05, 0.1) is 29.7 Å². The van der Waals surface area contributed by atoms with Gasteiger partial charge in [-0.1, -0.05) is 48.4 Å². The maximum Gasteiger partial charge on any atom is 0.358 e. The lowest BCUT2D eigenvalue weighted by Gasteiger charge is -2.38. The van der Waals surface area contributed by atoms with Crippen molar-refractivity contribution in [3.05, 3.63) is 34.7 Å². The first kappa shape index (κ1) is 31.0. The molecule has 1 aromatic heterocycles. The van der Waals surface area contributed by atoms with Crippen molar-refractivity contribution >= 4 is 73.5 Å². The predicted molar refractivity (Wildman–Crippen MR) is 156 cm³/mol. The summed E-state index contributed by atoms with van der Waals surface area (Å²) < 4.78 is 40.2. The molecule has 0 bridgehead atoms. The number of aromatic nitrogens is 1. The van der Waals surface area contributed by atoms with Gasteiger partial charge >= 0.3 is 16.1 Å². The molecule has 1 amide bonds. The second-order valence-electron chi connectivity index (χ2n) is 10.5. The van der Waals surface area contributed by atoms with Crippen LogP contribution in [0.5, 0.6) is 0 Å². The number of nitrogens with zero attached hydrogens (tertiary/aromatic N) is 2. The Morgan fingerprint density at radius 3 is 2.50 bits per heavy atom. The first-order chi connectivity index (χ1) is 17.4. The molecule has 0 spiro atoms. The normalized spacial score (nSPS) is 18.2. The summed E-state index contributed by atoms with van der Waals surface area (Å²) in [7, 11) is -1.86. The molecule has 0 unspecified atom stereocenters. The molecule has 0 saturated carbocycles. The van der Waals surface area contributed by atoms with Crippen molar-refractivity contribution in [3.8, 4) is 0 Å². The van der Waals surface area contributed by atoms with Gasteiger partial charge in [0, 0.05) is 11.4 Å². The van der Waals surface area contributed by atoms with Gasteiger partial charge in [0.15, 0.2) is 14.0 Å². The number of ether oxygens (including phenoxy) is 1. The molecule has 1 aliphatic rings. The second-order valence-corrected chi connectivity index (χ2v) is 20.3. The van der Waals surface area contributed by atoms with E-state index in [1.165, 1.54) is 33.4 Å². The smallest absolute Gasteiger partial charge is 0.358 e. The highest BCUT2D eigenvalue weighted by molar-refractivity contribution is 8.77. The summed E-state index contributed by atoms with van der Waals surface area (Å²) in [6, 6.07) is 5.96. The fourth-order valence-corrected chi connectivity index (χ4v) is 8.94. The van der Waals surface area contributed by atoms with Crippen molar-refractivity contribution in [1.29, 1.82) is 0 Å². The van der Waals surface area contributed by atoms with E-state index in [1.807, 2.05) is 25.1 Å². The highest BCUT2D eigenvalue weighted by Crippen LogP contribution is 2.45. The zero-order valence-corrected chi connectivity index (χ0v) is 27.2. The molecule has 9 nitrogen and oxygen atoms in total. The standard InChI is InChI=1S/C24H34N2O7S4Si/c1-14(32-37(7,29)30)20(23(28)31-6)26-13-18(22(26)27)36-35-17-12-10-11-16-19(17)25-21(34-16)15(2)33-38(8,9)24(3,4)5/h10-12,15,18H,13H2,1-9H3/t15-,18+/m1/s1. The summed E-state index contributed by atoms with van der Waals surface area (Å²) in [6.07, 6.45) is 0.741. The highest BCUT2D eigenvalue weighted by atomic mass is 33.1. The van der Waals surface area contributed by atoms with E-state index in [4.69, 9.17) is 18.3 Å². The number of rotatable bonds is 10. The third-order valence-corrected chi connectivity index (χ3v) is 15.4. The third-order valence-electron chi connectivity index (χ3n) is 6.43. The number of thiazole rings is 1. The summed E-state index contributed by atoms with van der Waals surface area (Å²) in [6.45, 7) is 14.7. The topological polar surface area (TPSA) is 112 Å². The van der Waals surface area contributed by atoms with E-state index in [0.717, 1.165) is 33.5 Å².